The van der Waals surface area contributed by atoms with E-state index in [9.17, 15) is 9.90 Å². The van der Waals surface area contributed by atoms with Crippen molar-refractivity contribution in [3.8, 4) is 17.2 Å². The zero-order chi connectivity index (χ0) is 23.5. The number of hydrogen-bond donors (Lipinski definition) is 2. The molecule has 2 aliphatic heterocycles. The van der Waals surface area contributed by atoms with E-state index < -0.39 is 6.10 Å². The first kappa shape index (κ1) is 25.2. The van der Waals surface area contributed by atoms with E-state index in [1.165, 1.54) is 0 Å². The fourth-order valence-electron chi connectivity index (χ4n) is 4.49. The summed E-state index contributed by atoms with van der Waals surface area (Å²) < 4.78 is 18.1. The number of pyridine rings is 3. The largest absolute Gasteiger partial charge is 0.495 e. The maximum atomic E-state index is 12.5. The van der Waals surface area contributed by atoms with Crippen LogP contribution < -0.4 is 25.1 Å². The summed E-state index contributed by atoms with van der Waals surface area (Å²) in [6.07, 6.45) is 3.61. The van der Waals surface area contributed by atoms with Gasteiger partial charge in [0.2, 0.25) is 0 Å². The minimum atomic E-state index is -0.517. The van der Waals surface area contributed by atoms with Crippen molar-refractivity contribution in [3.63, 3.8) is 0 Å². The molecule has 11 heteroatoms. The Hall–Kier alpha value is -2.92. The molecule has 10 nitrogen and oxygen atoms in total. The molecule has 0 amide bonds. The summed E-state index contributed by atoms with van der Waals surface area (Å²) in [5.41, 5.74) is 2.26. The van der Waals surface area contributed by atoms with Crippen LogP contribution >= 0.6 is 12.4 Å². The molecule has 0 bridgehead atoms. The van der Waals surface area contributed by atoms with Crippen molar-refractivity contribution in [2.24, 2.45) is 0 Å². The number of nitrogens with one attached hydrogen (secondary N) is 1. The highest BCUT2D eigenvalue weighted by Gasteiger charge is 2.27. The second kappa shape index (κ2) is 11.2. The summed E-state index contributed by atoms with van der Waals surface area (Å²) >= 11 is 0. The summed E-state index contributed by atoms with van der Waals surface area (Å²) in [5, 5.41) is 14.2. The quantitative estimate of drug-likeness (QED) is 0.491. The maximum Gasteiger partial charge on any atom is 0.251 e. The number of β-amino-alcohol motifs (C(OH)–C–C–N with tert-alkyl or cyclic N) is 1. The summed E-state index contributed by atoms with van der Waals surface area (Å²) in [6, 6.07) is 6.96. The van der Waals surface area contributed by atoms with Crippen LogP contribution in [0.5, 0.6) is 17.2 Å². The van der Waals surface area contributed by atoms with E-state index in [0.29, 0.717) is 56.6 Å². The molecule has 0 aliphatic carbocycles. The summed E-state index contributed by atoms with van der Waals surface area (Å²) in [6.45, 7) is 4.14. The molecule has 0 aromatic carbocycles. The van der Waals surface area contributed by atoms with Crippen LogP contribution in [-0.2, 0) is 13.1 Å². The van der Waals surface area contributed by atoms with Crippen LogP contribution in [-0.4, -0.2) is 76.6 Å². The number of hydrogen-bond acceptors (Lipinski definition) is 9. The second-order valence-electron chi connectivity index (χ2n) is 8.57. The van der Waals surface area contributed by atoms with Gasteiger partial charge in [-0.3, -0.25) is 19.7 Å². The molecule has 2 atom stereocenters. The summed E-state index contributed by atoms with van der Waals surface area (Å²) in [4.78, 5) is 23.5. The summed E-state index contributed by atoms with van der Waals surface area (Å²) in [7, 11) is 1.58. The van der Waals surface area contributed by atoms with E-state index in [4.69, 9.17) is 14.2 Å². The lowest BCUT2D eigenvalue weighted by atomic mass is 10.0. The zero-order valence-corrected chi connectivity index (χ0v) is 20.4. The molecule has 0 radical (unpaired) electrons. The van der Waals surface area contributed by atoms with Crippen molar-refractivity contribution in [1.29, 1.82) is 0 Å². The highest BCUT2D eigenvalue weighted by molar-refractivity contribution is 5.85. The fourth-order valence-corrected chi connectivity index (χ4v) is 4.49. The van der Waals surface area contributed by atoms with E-state index >= 15 is 0 Å². The molecule has 3 aromatic heterocycles. The topological polar surface area (TPSA) is 111 Å². The monoisotopic (exact) mass is 503 g/mol. The number of aliphatic hydroxyl groups is 1. The number of piperidine rings is 1. The number of fused-ring (bicyclic) bond motifs is 2. The Balaban J connectivity index is 0.00000289. The number of halogens is 1. The number of aromatic nitrogens is 3. The fraction of sp³-hybridized carbons (Fsp3) is 0.458. The van der Waals surface area contributed by atoms with Gasteiger partial charge in [0.25, 0.3) is 5.56 Å². The normalized spacial score (nSPS) is 19.8. The van der Waals surface area contributed by atoms with E-state index in [0.717, 1.165) is 29.7 Å². The molecule has 2 aliphatic rings. The van der Waals surface area contributed by atoms with E-state index in [-0.39, 0.29) is 24.0 Å². The first-order chi connectivity index (χ1) is 16.6. The van der Waals surface area contributed by atoms with Gasteiger partial charge in [0, 0.05) is 50.4 Å². The zero-order valence-electron chi connectivity index (χ0n) is 19.6. The third-order valence-electron chi connectivity index (χ3n) is 6.39. The number of aliphatic hydroxyl groups excluding tert-OH is 1. The van der Waals surface area contributed by atoms with E-state index in [1.807, 2.05) is 12.1 Å². The van der Waals surface area contributed by atoms with Gasteiger partial charge in [-0.05, 0) is 19.0 Å². The highest BCUT2D eigenvalue weighted by atomic mass is 35.5. The number of methoxy groups -OCH3 is 1. The number of nitrogens with zero attached hydrogens (tertiary/aromatic N) is 4. The van der Waals surface area contributed by atoms with Gasteiger partial charge in [-0.1, -0.05) is 0 Å². The first-order valence-electron chi connectivity index (χ1n) is 11.5. The average molecular weight is 504 g/mol. The molecule has 35 heavy (non-hydrogen) atoms. The number of ether oxygens (including phenoxy) is 3. The Kier molecular flexibility index (Phi) is 8.07. The minimum absolute atomic E-state index is 0. The SMILES string of the molecule is COc1cnc2ccc(=O)n(CCN3CC[C@H](NCc4cc5c(cn4)OCCO5)[C@H](O)C3)c2c1.Cl. The van der Waals surface area contributed by atoms with Crippen LogP contribution in [0.1, 0.15) is 12.1 Å². The van der Waals surface area contributed by atoms with E-state index in [1.54, 1.807) is 36.2 Å². The van der Waals surface area contributed by atoms with Crippen molar-refractivity contribution in [3.05, 3.63) is 52.7 Å². The predicted octanol–water partition coefficient (Wildman–Crippen LogP) is 1.22. The molecule has 1 fully saturated rings. The lowest BCUT2D eigenvalue weighted by Crippen LogP contribution is -2.53. The van der Waals surface area contributed by atoms with Gasteiger partial charge in [0.15, 0.2) is 11.5 Å². The van der Waals surface area contributed by atoms with Gasteiger partial charge in [-0.25, -0.2) is 0 Å². The minimum Gasteiger partial charge on any atom is -0.495 e. The maximum absolute atomic E-state index is 12.5. The first-order valence-corrected chi connectivity index (χ1v) is 11.5. The van der Waals surface area contributed by atoms with Crippen LogP contribution in [0.4, 0.5) is 0 Å². The molecule has 2 N–H and O–H groups in total. The Labute approximate surface area is 209 Å². The average Bonchev–Trinajstić information content (AvgIpc) is 2.87. The number of rotatable bonds is 7. The van der Waals surface area contributed by atoms with Crippen molar-refractivity contribution in [2.45, 2.75) is 31.7 Å². The lowest BCUT2D eigenvalue weighted by Gasteiger charge is -2.36. The van der Waals surface area contributed by atoms with Gasteiger partial charge in [0.1, 0.15) is 19.0 Å². The van der Waals surface area contributed by atoms with E-state index in [2.05, 4.69) is 20.2 Å². The second-order valence-corrected chi connectivity index (χ2v) is 8.57. The van der Waals surface area contributed by atoms with Gasteiger partial charge in [0.05, 0.1) is 42.3 Å². The Morgan fingerprint density at radius 2 is 1.97 bits per heavy atom. The Bertz CT molecular complexity index is 1220. The van der Waals surface area contributed by atoms with Gasteiger partial charge in [-0.2, -0.15) is 0 Å². The molecular formula is C24H30ClN5O5. The van der Waals surface area contributed by atoms with Crippen molar-refractivity contribution in [1.82, 2.24) is 24.8 Å². The van der Waals surface area contributed by atoms with Gasteiger partial charge < -0.3 is 29.2 Å². The smallest absolute Gasteiger partial charge is 0.251 e. The van der Waals surface area contributed by atoms with Crippen LogP contribution in [0.3, 0.4) is 0 Å². The molecule has 0 saturated carbocycles. The molecule has 0 spiro atoms. The molecule has 5 heterocycles. The molecule has 0 unspecified atom stereocenters. The van der Waals surface area contributed by atoms with Crippen LogP contribution in [0.15, 0.2) is 41.5 Å². The van der Waals surface area contributed by atoms with Crippen LogP contribution in [0.2, 0.25) is 0 Å². The van der Waals surface area contributed by atoms with Crippen molar-refractivity contribution < 1.29 is 19.3 Å². The molecular weight excluding hydrogens is 474 g/mol. The lowest BCUT2D eigenvalue weighted by molar-refractivity contribution is 0.0384. The van der Waals surface area contributed by atoms with Crippen molar-refractivity contribution >= 4 is 23.4 Å². The molecule has 1 saturated heterocycles. The number of likely N-dealkylation sites (tertiary alicyclic amines) is 1. The van der Waals surface area contributed by atoms with Gasteiger partial charge >= 0.3 is 0 Å². The third kappa shape index (κ3) is 5.67. The van der Waals surface area contributed by atoms with Crippen LogP contribution in [0, 0.1) is 0 Å². The highest BCUT2D eigenvalue weighted by Crippen LogP contribution is 2.29. The van der Waals surface area contributed by atoms with Gasteiger partial charge in [-0.15, -0.1) is 12.4 Å². The predicted molar refractivity (Wildman–Crippen MR) is 133 cm³/mol. The molecule has 5 rings (SSSR count). The van der Waals surface area contributed by atoms with Crippen molar-refractivity contribution in [2.75, 3.05) is 40.0 Å². The third-order valence-corrected chi connectivity index (χ3v) is 6.39. The molecule has 188 valence electrons. The Morgan fingerprint density at radius 1 is 1.14 bits per heavy atom. The van der Waals surface area contributed by atoms with Crippen LogP contribution in [0.25, 0.3) is 11.0 Å². The standard InChI is InChI=1S/C24H29N5O5.ClH/c1-32-17-11-20-18(27-13-17)2-3-24(31)29(20)7-6-28-5-4-19(21(30)15-28)26-12-16-10-22-23(14-25-16)34-9-8-33-22;/h2-3,10-11,13-14,19,21,26,30H,4-9,12,15H2,1H3;1H/t19-,21+;/m0./s1. The molecule has 3 aromatic rings. The summed E-state index contributed by atoms with van der Waals surface area (Å²) in [5.74, 6) is 1.99. The Morgan fingerprint density at radius 3 is 2.77 bits per heavy atom.